The van der Waals surface area contributed by atoms with Crippen LogP contribution in [0.25, 0.3) is 0 Å². The Kier molecular flexibility index (Phi) is 5.65. The molecule has 7 nitrogen and oxygen atoms in total. The van der Waals surface area contributed by atoms with Gasteiger partial charge in [0.2, 0.25) is 5.16 Å². The van der Waals surface area contributed by atoms with Crippen molar-refractivity contribution in [3.63, 3.8) is 0 Å². The molecule has 22 heavy (non-hydrogen) atoms. The molecule has 0 bridgehead atoms. The molecule has 2 aromatic rings. The predicted octanol–water partition coefficient (Wildman–Crippen LogP) is 1.81. The van der Waals surface area contributed by atoms with Crippen molar-refractivity contribution in [2.45, 2.75) is 24.9 Å². The lowest BCUT2D eigenvalue weighted by molar-refractivity contribution is 0.0697. The first-order chi connectivity index (χ1) is 10.6. The average Bonchev–Trinajstić information content (AvgIpc) is 2.88. The smallest absolute Gasteiger partial charge is 0.335 e. The van der Waals surface area contributed by atoms with Crippen LogP contribution < -0.4 is 10.6 Å². The van der Waals surface area contributed by atoms with Gasteiger partial charge in [0, 0.05) is 12.2 Å². The topological polar surface area (TPSA) is 103 Å². The minimum atomic E-state index is -0.944. The number of aromatic nitrogens is 3. The summed E-state index contributed by atoms with van der Waals surface area (Å²) in [7, 11) is 0. The summed E-state index contributed by atoms with van der Waals surface area (Å²) in [5.74, 6) is 7.14. The number of rotatable bonds is 8. The fourth-order valence-corrected chi connectivity index (χ4v) is 2.54. The van der Waals surface area contributed by atoms with Gasteiger partial charge in [-0.1, -0.05) is 18.7 Å². The number of thioether (sulfide) groups is 1. The van der Waals surface area contributed by atoms with Crippen LogP contribution >= 0.6 is 11.8 Å². The van der Waals surface area contributed by atoms with Crippen LogP contribution in [-0.4, -0.2) is 38.3 Å². The van der Waals surface area contributed by atoms with Crippen molar-refractivity contribution < 1.29 is 14.6 Å². The van der Waals surface area contributed by atoms with Crippen molar-refractivity contribution in [1.29, 1.82) is 0 Å². The van der Waals surface area contributed by atoms with Gasteiger partial charge in [-0.2, -0.15) is 0 Å². The van der Waals surface area contributed by atoms with E-state index in [1.807, 2.05) is 6.92 Å². The lowest BCUT2D eigenvalue weighted by Gasteiger charge is -2.06. The number of aromatic carboxylic acids is 1. The van der Waals surface area contributed by atoms with Crippen LogP contribution in [-0.2, 0) is 6.42 Å². The number of nitrogens with two attached hydrogens (primary N) is 1. The Hall–Kier alpha value is -2.22. The van der Waals surface area contributed by atoms with Crippen LogP contribution in [0.1, 0.15) is 29.5 Å². The Labute approximate surface area is 132 Å². The molecule has 1 heterocycles. The molecule has 0 fully saturated rings. The number of carbonyl (C=O) groups is 1. The average molecular weight is 322 g/mol. The van der Waals surface area contributed by atoms with Crippen molar-refractivity contribution in [1.82, 2.24) is 14.9 Å². The van der Waals surface area contributed by atoms with Crippen LogP contribution in [0.4, 0.5) is 0 Å². The van der Waals surface area contributed by atoms with Crippen molar-refractivity contribution in [2.75, 3.05) is 18.2 Å². The second-order valence-corrected chi connectivity index (χ2v) is 5.56. The number of nitrogen functional groups attached to an aromatic ring is 1. The standard InChI is InChI=1S/C14H18N4O3S/c1-2-12-16-17-14(18(12)15)22-9-3-8-21-11-6-4-10(5-7-11)13(19)20/h4-7H,2-3,8-9,15H2,1H3,(H,19,20). The van der Waals surface area contributed by atoms with Gasteiger partial charge in [-0.3, -0.25) is 0 Å². The van der Waals surface area contributed by atoms with Crippen molar-refractivity contribution in [3.8, 4) is 5.75 Å². The van der Waals surface area contributed by atoms with E-state index in [1.54, 1.807) is 12.1 Å². The molecule has 0 radical (unpaired) electrons. The van der Waals surface area contributed by atoms with E-state index in [4.69, 9.17) is 15.7 Å². The summed E-state index contributed by atoms with van der Waals surface area (Å²) in [6.07, 6.45) is 1.57. The highest BCUT2D eigenvalue weighted by atomic mass is 32.2. The highest BCUT2D eigenvalue weighted by Crippen LogP contribution is 2.17. The first-order valence-electron chi connectivity index (χ1n) is 6.90. The van der Waals surface area contributed by atoms with E-state index >= 15 is 0 Å². The number of carboxylic acids is 1. The van der Waals surface area contributed by atoms with Gasteiger partial charge in [-0.05, 0) is 30.7 Å². The molecule has 3 N–H and O–H groups in total. The van der Waals surface area contributed by atoms with Crippen molar-refractivity contribution in [3.05, 3.63) is 35.7 Å². The normalized spacial score (nSPS) is 10.6. The van der Waals surface area contributed by atoms with E-state index in [0.29, 0.717) is 17.5 Å². The number of hydrogen-bond donors (Lipinski definition) is 2. The van der Waals surface area contributed by atoms with E-state index in [9.17, 15) is 4.79 Å². The quantitative estimate of drug-likeness (QED) is 0.434. The largest absolute Gasteiger partial charge is 0.494 e. The Morgan fingerprint density at radius 3 is 2.68 bits per heavy atom. The Morgan fingerprint density at radius 1 is 1.36 bits per heavy atom. The zero-order chi connectivity index (χ0) is 15.9. The number of hydrogen-bond acceptors (Lipinski definition) is 6. The van der Waals surface area contributed by atoms with E-state index in [2.05, 4.69) is 10.2 Å². The molecule has 0 amide bonds. The Balaban J connectivity index is 1.70. The molecule has 2 rings (SSSR count). The van der Waals surface area contributed by atoms with Gasteiger partial charge < -0.3 is 15.7 Å². The van der Waals surface area contributed by atoms with Crippen LogP contribution in [0.2, 0.25) is 0 Å². The monoisotopic (exact) mass is 322 g/mol. The van der Waals surface area contributed by atoms with Gasteiger partial charge in [0.05, 0.1) is 12.2 Å². The van der Waals surface area contributed by atoms with E-state index in [0.717, 1.165) is 24.4 Å². The molecule has 8 heteroatoms. The fraction of sp³-hybridized carbons (Fsp3) is 0.357. The molecule has 118 valence electrons. The molecule has 0 aliphatic rings. The first kappa shape index (κ1) is 16.2. The molecule has 0 aliphatic heterocycles. The van der Waals surface area contributed by atoms with Gasteiger partial charge in [0.1, 0.15) is 5.75 Å². The summed E-state index contributed by atoms with van der Waals surface area (Å²) in [5.41, 5.74) is 0.247. The molecule has 1 aromatic heterocycles. The molecule has 0 spiro atoms. The minimum Gasteiger partial charge on any atom is -0.494 e. The first-order valence-corrected chi connectivity index (χ1v) is 7.88. The third-order valence-electron chi connectivity index (χ3n) is 2.94. The van der Waals surface area contributed by atoms with E-state index in [-0.39, 0.29) is 5.56 Å². The summed E-state index contributed by atoms with van der Waals surface area (Å²) in [6.45, 7) is 2.52. The summed E-state index contributed by atoms with van der Waals surface area (Å²) in [5, 5.41) is 17.5. The number of ether oxygens (including phenoxy) is 1. The molecular formula is C14H18N4O3S. The Morgan fingerprint density at radius 2 is 2.09 bits per heavy atom. The van der Waals surface area contributed by atoms with E-state index < -0.39 is 5.97 Å². The SMILES string of the molecule is CCc1nnc(SCCCOc2ccc(C(=O)O)cc2)n1N. The lowest BCUT2D eigenvalue weighted by atomic mass is 10.2. The molecule has 0 saturated heterocycles. The maximum atomic E-state index is 10.7. The molecule has 0 unspecified atom stereocenters. The van der Waals surface area contributed by atoms with Crippen LogP contribution in [0.3, 0.4) is 0 Å². The highest BCUT2D eigenvalue weighted by molar-refractivity contribution is 7.99. The van der Waals surface area contributed by atoms with Gasteiger partial charge in [0.25, 0.3) is 0 Å². The van der Waals surface area contributed by atoms with Gasteiger partial charge >= 0.3 is 5.97 Å². The summed E-state index contributed by atoms with van der Waals surface area (Å²) in [4.78, 5) is 10.7. The molecular weight excluding hydrogens is 304 g/mol. The van der Waals surface area contributed by atoms with Crippen molar-refractivity contribution >= 4 is 17.7 Å². The maximum Gasteiger partial charge on any atom is 0.335 e. The Bertz CT molecular complexity index is 628. The van der Waals surface area contributed by atoms with Crippen LogP contribution in [0.5, 0.6) is 5.75 Å². The highest BCUT2D eigenvalue weighted by Gasteiger charge is 2.08. The zero-order valence-corrected chi connectivity index (χ0v) is 13.0. The van der Waals surface area contributed by atoms with Gasteiger partial charge in [0.15, 0.2) is 5.82 Å². The molecule has 0 aliphatic carbocycles. The number of carboxylic acid groups (broad SMARTS) is 1. The maximum absolute atomic E-state index is 10.7. The molecule has 1 aromatic carbocycles. The van der Waals surface area contributed by atoms with E-state index in [1.165, 1.54) is 28.6 Å². The fourth-order valence-electron chi connectivity index (χ4n) is 1.75. The lowest BCUT2D eigenvalue weighted by Crippen LogP contribution is -2.13. The third-order valence-corrected chi connectivity index (χ3v) is 3.97. The molecule has 0 saturated carbocycles. The minimum absolute atomic E-state index is 0.247. The van der Waals surface area contributed by atoms with Crippen LogP contribution in [0.15, 0.2) is 29.4 Å². The third kappa shape index (κ3) is 4.14. The van der Waals surface area contributed by atoms with Crippen molar-refractivity contribution in [2.24, 2.45) is 0 Å². The van der Waals surface area contributed by atoms with Gasteiger partial charge in [-0.25, -0.2) is 9.47 Å². The second kappa shape index (κ2) is 7.69. The summed E-state index contributed by atoms with van der Waals surface area (Å²) in [6, 6.07) is 6.35. The van der Waals surface area contributed by atoms with Crippen LogP contribution in [0, 0.1) is 0 Å². The number of benzene rings is 1. The number of nitrogens with zero attached hydrogens (tertiary/aromatic N) is 3. The summed E-state index contributed by atoms with van der Waals surface area (Å²) >= 11 is 1.53. The van der Waals surface area contributed by atoms with Gasteiger partial charge in [-0.15, -0.1) is 10.2 Å². The second-order valence-electron chi connectivity index (χ2n) is 4.50. The zero-order valence-electron chi connectivity index (χ0n) is 12.2. The molecule has 0 atom stereocenters. The number of aryl methyl sites for hydroxylation is 1. The predicted molar refractivity (Wildman–Crippen MR) is 83.8 cm³/mol. The summed E-state index contributed by atoms with van der Waals surface area (Å²) < 4.78 is 7.07.